The topological polar surface area (TPSA) is 151 Å². The van der Waals surface area contributed by atoms with Crippen molar-refractivity contribution in [2.75, 3.05) is 26.2 Å². The molecule has 3 aromatic rings. The summed E-state index contributed by atoms with van der Waals surface area (Å²) in [4.78, 5) is 63.2. The van der Waals surface area contributed by atoms with Crippen LogP contribution < -0.4 is 16.6 Å². The number of carbonyl (C=O) groups is 3. The Kier molecular flexibility index (Phi) is 6.76. The van der Waals surface area contributed by atoms with Gasteiger partial charge in [0.1, 0.15) is 17.1 Å². The standard InChI is InChI=1S/C31H34N6O5S/c1-17(38)36-10-7-31(8-11-36)6-4-21-23(13-31)43-29-24(21)27(39)34-26(35-29)28(40)33-14-18-2-3-19-5-9-37(15-20(19)12-18)25-22(32)16-42-30(25)41/h2-3,12H,4-11,13-16,32H2,1H3,(H,33,40)(H,34,35,39). The third-order valence-corrected chi connectivity index (χ3v) is 10.7. The average Bonchev–Trinajstić information content (AvgIpc) is 3.53. The van der Waals surface area contributed by atoms with Crippen molar-refractivity contribution < 1.29 is 19.1 Å². The minimum Gasteiger partial charge on any atom is -0.454 e. The van der Waals surface area contributed by atoms with Gasteiger partial charge in [-0.05, 0) is 66.2 Å². The van der Waals surface area contributed by atoms with Crippen molar-refractivity contribution in [2.24, 2.45) is 11.1 Å². The van der Waals surface area contributed by atoms with Crippen LogP contribution in [0.25, 0.3) is 10.2 Å². The number of nitrogens with one attached hydrogen (secondary N) is 2. The van der Waals surface area contributed by atoms with Crippen molar-refractivity contribution in [2.45, 2.75) is 58.5 Å². The molecule has 11 nitrogen and oxygen atoms in total. The number of esters is 1. The summed E-state index contributed by atoms with van der Waals surface area (Å²) in [5, 5.41) is 3.51. The molecule has 2 aromatic heterocycles. The number of aromatic nitrogens is 2. The highest BCUT2D eigenvalue weighted by Crippen LogP contribution is 2.47. The number of rotatable bonds is 4. The van der Waals surface area contributed by atoms with Crippen molar-refractivity contribution >= 4 is 39.3 Å². The fourth-order valence-corrected chi connectivity index (χ4v) is 8.48. The van der Waals surface area contributed by atoms with E-state index in [9.17, 15) is 19.2 Å². The smallest absolute Gasteiger partial charge is 0.356 e. The second-order valence-electron chi connectivity index (χ2n) is 12.2. The number of benzene rings is 1. The van der Waals surface area contributed by atoms with E-state index in [2.05, 4.69) is 21.4 Å². The molecule has 0 bridgehead atoms. The van der Waals surface area contributed by atoms with Crippen LogP contribution in [-0.2, 0) is 46.7 Å². The number of ether oxygens (including phenoxy) is 1. The van der Waals surface area contributed by atoms with Crippen molar-refractivity contribution in [1.82, 2.24) is 25.1 Å². The largest absolute Gasteiger partial charge is 0.454 e. The van der Waals surface area contributed by atoms with Crippen molar-refractivity contribution in [3.8, 4) is 0 Å². The van der Waals surface area contributed by atoms with Gasteiger partial charge in [-0.3, -0.25) is 14.4 Å². The van der Waals surface area contributed by atoms with E-state index < -0.39 is 5.91 Å². The molecule has 1 fully saturated rings. The Morgan fingerprint density at radius 3 is 2.70 bits per heavy atom. The third-order valence-electron chi connectivity index (χ3n) is 9.58. The van der Waals surface area contributed by atoms with Crippen LogP contribution >= 0.6 is 11.3 Å². The lowest BCUT2D eigenvalue weighted by atomic mass is 9.68. The molecule has 43 heavy (non-hydrogen) atoms. The molecule has 2 amide bonds. The maximum absolute atomic E-state index is 13.2. The molecule has 1 aliphatic carbocycles. The molecule has 0 unspecified atom stereocenters. The van der Waals surface area contributed by atoms with Crippen LogP contribution in [0, 0.1) is 5.41 Å². The van der Waals surface area contributed by atoms with Gasteiger partial charge in [-0.25, -0.2) is 9.78 Å². The minimum absolute atomic E-state index is 0.00636. The lowest BCUT2D eigenvalue weighted by Crippen LogP contribution is -2.44. The number of thiophene rings is 1. The Labute approximate surface area is 252 Å². The molecule has 1 spiro atoms. The summed E-state index contributed by atoms with van der Waals surface area (Å²) in [6, 6.07) is 6.07. The lowest BCUT2D eigenvalue weighted by molar-refractivity contribution is -0.137. The Hall–Kier alpha value is -4.19. The second kappa shape index (κ2) is 10.5. The number of amides is 2. The first kappa shape index (κ1) is 27.6. The number of hydrogen-bond acceptors (Lipinski definition) is 9. The lowest BCUT2D eigenvalue weighted by Gasteiger charge is -2.43. The van der Waals surface area contributed by atoms with Gasteiger partial charge in [-0.15, -0.1) is 11.3 Å². The molecule has 0 saturated carbocycles. The van der Waals surface area contributed by atoms with Gasteiger partial charge in [-0.2, -0.15) is 0 Å². The fourth-order valence-electron chi connectivity index (χ4n) is 7.09. The summed E-state index contributed by atoms with van der Waals surface area (Å²) in [6.45, 7) is 4.80. The van der Waals surface area contributed by atoms with Gasteiger partial charge in [0.25, 0.3) is 11.5 Å². The van der Waals surface area contributed by atoms with Crippen LogP contribution in [0.15, 0.2) is 34.4 Å². The number of carbonyl (C=O) groups excluding carboxylic acids is 3. The van der Waals surface area contributed by atoms with Gasteiger partial charge in [0.15, 0.2) is 0 Å². The van der Waals surface area contributed by atoms with Crippen LogP contribution in [0.5, 0.6) is 0 Å². The van der Waals surface area contributed by atoms with Gasteiger partial charge in [0, 0.05) is 44.5 Å². The van der Waals surface area contributed by atoms with Crippen molar-refractivity contribution in [3.05, 3.63) is 72.9 Å². The van der Waals surface area contributed by atoms with E-state index in [1.54, 1.807) is 6.92 Å². The zero-order valence-electron chi connectivity index (χ0n) is 24.1. The van der Waals surface area contributed by atoms with E-state index in [0.717, 1.165) is 68.3 Å². The number of cyclic esters (lactones) is 1. The molecule has 1 saturated heterocycles. The number of hydrogen-bond donors (Lipinski definition) is 3. The number of nitrogens with two attached hydrogens (primary N) is 1. The van der Waals surface area contributed by atoms with Gasteiger partial charge >= 0.3 is 5.97 Å². The van der Waals surface area contributed by atoms with Crippen molar-refractivity contribution in [3.63, 3.8) is 0 Å². The Morgan fingerprint density at radius 2 is 1.95 bits per heavy atom. The Balaban J connectivity index is 1.05. The molecular formula is C31H34N6O5S. The molecule has 12 heteroatoms. The summed E-state index contributed by atoms with van der Waals surface area (Å²) in [7, 11) is 0. The fraction of sp³-hybridized carbons (Fsp3) is 0.452. The molecule has 7 rings (SSSR count). The van der Waals surface area contributed by atoms with E-state index >= 15 is 0 Å². The molecule has 224 valence electrons. The molecular weight excluding hydrogens is 568 g/mol. The highest BCUT2D eigenvalue weighted by molar-refractivity contribution is 7.18. The van der Waals surface area contributed by atoms with Crippen LogP contribution in [0.4, 0.5) is 0 Å². The van der Waals surface area contributed by atoms with E-state index in [-0.39, 0.29) is 41.8 Å². The number of piperidine rings is 1. The quantitative estimate of drug-likeness (QED) is 0.385. The van der Waals surface area contributed by atoms with Crippen molar-refractivity contribution in [1.29, 1.82) is 0 Å². The van der Waals surface area contributed by atoms with Gasteiger partial charge in [0.05, 0.1) is 11.1 Å². The van der Waals surface area contributed by atoms with Gasteiger partial charge in [0.2, 0.25) is 11.7 Å². The molecule has 5 heterocycles. The van der Waals surface area contributed by atoms with Crippen LogP contribution in [-0.4, -0.2) is 63.8 Å². The molecule has 0 radical (unpaired) electrons. The summed E-state index contributed by atoms with van der Waals surface area (Å²) in [5.74, 6) is -0.690. The minimum atomic E-state index is -0.440. The van der Waals surface area contributed by atoms with E-state index in [1.165, 1.54) is 21.8 Å². The number of aromatic amines is 1. The highest BCUT2D eigenvalue weighted by Gasteiger charge is 2.40. The third kappa shape index (κ3) is 4.97. The monoisotopic (exact) mass is 602 g/mol. The normalized spacial score (nSPS) is 19.4. The predicted octanol–water partition coefficient (Wildman–Crippen LogP) is 2.12. The second-order valence-corrected chi connectivity index (χ2v) is 13.3. The number of likely N-dealkylation sites (tertiary alicyclic amines) is 1. The maximum Gasteiger partial charge on any atom is 0.356 e. The number of H-pyrrole nitrogens is 1. The van der Waals surface area contributed by atoms with Gasteiger partial charge in [-0.1, -0.05) is 18.2 Å². The summed E-state index contributed by atoms with van der Waals surface area (Å²) in [6.07, 6.45) is 5.41. The van der Waals surface area contributed by atoms with E-state index in [0.29, 0.717) is 34.7 Å². The average molecular weight is 603 g/mol. The molecule has 4 aliphatic rings. The first-order valence-corrected chi connectivity index (χ1v) is 15.6. The molecule has 3 aliphatic heterocycles. The maximum atomic E-state index is 13.2. The van der Waals surface area contributed by atoms with Gasteiger partial charge < -0.3 is 30.6 Å². The summed E-state index contributed by atoms with van der Waals surface area (Å²) in [5.41, 5.74) is 11.0. The SMILES string of the molecule is CC(=O)N1CCC2(CCc3c(sc4nc(C(=O)NCc5ccc6c(c5)CN(C5=C(N)COC5=O)CC6)[nH]c(=O)c34)C2)CC1. The zero-order chi connectivity index (χ0) is 29.9. The number of aryl methyl sites for hydroxylation is 1. The van der Waals surface area contributed by atoms with E-state index in [1.807, 2.05) is 21.9 Å². The predicted molar refractivity (Wildman–Crippen MR) is 160 cm³/mol. The first-order chi connectivity index (χ1) is 20.7. The zero-order valence-corrected chi connectivity index (χ0v) is 24.9. The Bertz CT molecular complexity index is 1770. The highest BCUT2D eigenvalue weighted by atomic mass is 32.1. The molecule has 0 atom stereocenters. The Morgan fingerprint density at radius 1 is 1.14 bits per heavy atom. The van der Waals surface area contributed by atoms with Crippen LogP contribution in [0.3, 0.4) is 0 Å². The first-order valence-electron chi connectivity index (χ1n) is 14.8. The molecule has 4 N–H and O–H groups in total. The molecule has 1 aromatic carbocycles. The number of fused-ring (bicyclic) bond motifs is 4. The van der Waals surface area contributed by atoms with E-state index in [4.69, 9.17) is 10.5 Å². The number of nitrogens with zero attached hydrogens (tertiary/aromatic N) is 3. The summed E-state index contributed by atoms with van der Waals surface area (Å²) < 4.78 is 5.08. The summed E-state index contributed by atoms with van der Waals surface area (Å²) >= 11 is 1.52. The van der Waals surface area contributed by atoms with Crippen LogP contribution in [0.1, 0.15) is 63.9 Å². The van der Waals surface area contributed by atoms with Crippen LogP contribution in [0.2, 0.25) is 0 Å².